The molecule has 0 aliphatic carbocycles. The summed E-state index contributed by atoms with van der Waals surface area (Å²) < 4.78 is 33.4. The lowest BCUT2D eigenvalue weighted by molar-refractivity contribution is 0.0187. The number of hydrogen-bond donors (Lipinski definition) is 0. The molecule has 1 unspecified atom stereocenters. The monoisotopic (exact) mass is 405 g/mol. The van der Waals surface area contributed by atoms with Gasteiger partial charge in [0.25, 0.3) is 0 Å². The van der Waals surface area contributed by atoms with Crippen LogP contribution in [0, 0.1) is 0 Å². The van der Waals surface area contributed by atoms with Crippen molar-refractivity contribution >= 4 is 26.9 Å². The molecule has 1 aromatic heterocycles. The fourth-order valence-corrected chi connectivity index (χ4v) is 4.90. The molecule has 0 N–H and O–H groups in total. The second kappa shape index (κ2) is 7.67. The van der Waals surface area contributed by atoms with E-state index in [2.05, 4.69) is 4.98 Å². The Morgan fingerprint density at radius 3 is 2.64 bits per heavy atom. The molecule has 1 aliphatic rings. The SMILES string of the molecule is CC1CN(S(=O)(=O)c2ccc3cnccc3c2)CCCN1C(=O)OC(C)(C)C. The van der Waals surface area contributed by atoms with E-state index in [4.69, 9.17) is 4.74 Å². The number of aromatic nitrogens is 1. The van der Waals surface area contributed by atoms with Crippen LogP contribution in [-0.4, -0.2) is 60.0 Å². The highest BCUT2D eigenvalue weighted by Gasteiger charge is 2.34. The number of fused-ring (bicyclic) bond motifs is 1. The van der Waals surface area contributed by atoms with E-state index >= 15 is 0 Å². The highest BCUT2D eigenvalue weighted by molar-refractivity contribution is 7.89. The molecule has 0 bridgehead atoms. The van der Waals surface area contributed by atoms with Gasteiger partial charge in [0.05, 0.1) is 4.90 Å². The molecule has 0 radical (unpaired) electrons. The van der Waals surface area contributed by atoms with Gasteiger partial charge in [0.1, 0.15) is 5.60 Å². The van der Waals surface area contributed by atoms with Gasteiger partial charge in [0, 0.05) is 43.5 Å². The van der Waals surface area contributed by atoms with E-state index in [1.165, 1.54) is 4.31 Å². The minimum atomic E-state index is -3.66. The van der Waals surface area contributed by atoms with Crippen LogP contribution in [0.1, 0.15) is 34.1 Å². The Kier molecular flexibility index (Phi) is 5.63. The number of rotatable bonds is 2. The molecule has 1 fully saturated rings. The summed E-state index contributed by atoms with van der Waals surface area (Å²) in [6, 6.07) is 6.57. The van der Waals surface area contributed by atoms with Gasteiger partial charge in [-0.3, -0.25) is 4.98 Å². The van der Waals surface area contributed by atoms with Gasteiger partial charge < -0.3 is 9.64 Å². The van der Waals surface area contributed by atoms with Crippen LogP contribution >= 0.6 is 0 Å². The molecule has 1 saturated heterocycles. The number of nitrogens with zero attached hydrogens (tertiary/aromatic N) is 3. The van der Waals surface area contributed by atoms with Gasteiger partial charge in [-0.05, 0) is 57.7 Å². The van der Waals surface area contributed by atoms with Crippen molar-refractivity contribution in [3.05, 3.63) is 36.7 Å². The van der Waals surface area contributed by atoms with Gasteiger partial charge in [-0.2, -0.15) is 4.31 Å². The third kappa shape index (κ3) is 4.44. The summed E-state index contributed by atoms with van der Waals surface area (Å²) in [5.41, 5.74) is -0.588. The molecule has 2 heterocycles. The Hall–Kier alpha value is -2.19. The van der Waals surface area contributed by atoms with Crippen LogP contribution in [0.5, 0.6) is 0 Å². The predicted octanol–water partition coefficient (Wildman–Crippen LogP) is 3.25. The summed E-state index contributed by atoms with van der Waals surface area (Å²) in [5, 5.41) is 1.72. The van der Waals surface area contributed by atoms with Gasteiger partial charge in [0.15, 0.2) is 0 Å². The zero-order valence-electron chi connectivity index (χ0n) is 16.8. The average molecular weight is 406 g/mol. The Balaban J connectivity index is 1.82. The summed E-state index contributed by atoms with van der Waals surface area (Å²) in [7, 11) is -3.66. The first kappa shape index (κ1) is 20.5. The number of ether oxygens (including phenoxy) is 1. The molecule has 1 atom stereocenters. The second-order valence-corrected chi connectivity index (χ2v) is 10.1. The summed E-state index contributed by atoms with van der Waals surface area (Å²) in [6.45, 7) is 8.36. The van der Waals surface area contributed by atoms with Crippen molar-refractivity contribution in [2.75, 3.05) is 19.6 Å². The summed E-state index contributed by atoms with van der Waals surface area (Å²) in [5.74, 6) is 0. The Morgan fingerprint density at radius 1 is 1.18 bits per heavy atom. The van der Waals surface area contributed by atoms with Crippen LogP contribution in [0.2, 0.25) is 0 Å². The first-order chi connectivity index (χ1) is 13.1. The fraction of sp³-hybridized carbons (Fsp3) is 0.500. The molecule has 8 heteroatoms. The van der Waals surface area contributed by atoms with Crippen LogP contribution < -0.4 is 0 Å². The number of benzene rings is 1. The normalized spacial score (nSPS) is 19.4. The molecular formula is C20H27N3O4S. The molecule has 3 rings (SSSR count). The van der Waals surface area contributed by atoms with Gasteiger partial charge in [-0.25, -0.2) is 13.2 Å². The topological polar surface area (TPSA) is 79.8 Å². The van der Waals surface area contributed by atoms with Crippen LogP contribution in [-0.2, 0) is 14.8 Å². The molecule has 28 heavy (non-hydrogen) atoms. The Morgan fingerprint density at radius 2 is 1.93 bits per heavy atom. The Labute approximate surface area is 166 Å². The van der Waals surface area contributed by atoms with E-state index in [1.807, 2.05) is 27.7 Å². The molecule has 1 aliphatic heterocycles. The lowest BCUT2D eigenvalue weighted by Crippen LogP contribution is -2.45. The molecular weight excluding hydrogens is 378 g/mol. The van der Waals surface area contributed by atoms with E-state index in [9.17, 15) is 13.2 Å². The first-order valence-electron chi connectivity index (χ1n) is 9.41. The highest BCUT2D eigenvalue weighted by atomic mass is 32.2. The summed E-state index contributed by atoms with van der Waals surface area (Å²) >= 11 is 0. The van der Waals surface area contributed by atoms with Gasteiger partial charge >= 0.3 is 6.09 Å². The van der Waals surface area contributed by atoms with Crippen molar-refractivity contribution in [2.45, 2.75) is 50.7 Å². The van der Waals surface area contributed by atoms with Gasteiger partial charge in [0.2, 0.25) is 10.0 Å². The van der Waals surface area contributed by atoms with Crippen molar-refractivity contribution in [1.29, 1.82) is 0 Å². The zero-order chi connectivity index (χ0) is 20.5. The van der Waals surface area contributed by atoms with Crippen molar-refractivity contribution < 1.29 is 17.9 Å². The number of carbonyl (C=O) groups is 1. The van der Waals surface area contributed by atoms with Crippen molar-refractivity contribution in [3.63, 3.8) is 0 Å². The molecule has 1 aromatic carbocycles. The molecule has 152 valence electrons. The standard InChI is InChI=1S/C20H27N3O4S/c1-15-14-22(10-5-11-23(15)19(24)27-20(2,3)4)28(25,26)18-7-6-17-13-21-9-8-16(17)12-18/h6-9,12-13,15H,5,10-11,14H2,1-4H3. The first-order valence-corrected chi connectivity index (χ1v) is 10.9. The lowest BCUT2D eigenvalue weighted by atomic mass is 10.2. The van der Waals surface area contributed by atoms with E-state index in [1.54, 1.807) is 41.6 Å². The second-order valence-electron chi connectivity index (χ2n) is 8.12. The largest absolute Gasteiger partial charge is 0.444 e. The zero-order valence-corrected chi connectivity index (χ0v) is 17.6. The maximum atomic E-state index is 13.2. The molecule has 1 amide bonds. The van der Waals surface area contributed by atoms with E-state index < -0.39 is 21.7 Å². The number of hydrogen-bond acceptors (Lipinski definition) is 5. The predicted molar refractivity (Wildman–Crippen MR) is 108 cm³/mol. The van der Waals surface area contributed by atoms with Crippen molar-refractivity contribution in [3.8, 4) is 0 Å². The minimum absolute atomic E-state index is 0.232. The summed E-state index contributed by atoms with van der Waals surface area (Å²) in [4.78, 5) is 18.4. The van der Waals surface area contributed by atoms with Crippen molar-refractivity contribution in [1.82, 2.24) is 14.2 Å². The molecule has 0 saturated carbocycles. The third-order valence-electron chi connectivity index (χ3n) is 4.68. The maximum Gasteiger partial charge on any atom is 0.410 e. The van der Waals surface area contributed by atoms with Gasteiger partial charge in [-0.15, -0.1) is 0 Å². The average Bonchev–Trinajstić information content (AvgIpc) is 2.82. The fourth-order valence-electron chi connectivity index (χ4n) is 3.30. The lowest BCUT2D eigenvalue weighted by Gasteiger charge is -2.31. The maximum absolute atomic E-state index is 13.2. The minimum Gasteiger partial charge on any atom is -0.444 e. The third-order valence-corrected chi connectivity index (χ3v) is 6.55. The quantitative estimate of drug-likeness (QED) is 0.766. The number of carbonyl (C=O) groups excluding carboxylic acids is 1. The van der Waals surface area contributed by atoms with Crippen LogP contribution in [0.3, 0.4) is 0 Å². The van der Waals surface area contributed by atoms with Crippen LogP contribution in [0.25, 0.3) is 10.8 Å². The molecule has 2 aromatic rings. The number of sulfonamides is 1. The number of amides is 1. The van der Waals surface area contributed by atoms with E-state index in [-0.39, 0.29) is 17.5 Å². The molecule has 7 nitrogen and oxygen atoms in total. The van der Waals surface area contributed by atoms with E-state index in [0.29, 0.717) is 19.5 Å². The Bertz CT molecular complexity index is 969. The molecule has 0 spiro atoms. The van der Waals surface area contributed by atoms with Gasteiger partial charge in [-0.1, -0.05) is 6.07 Å². The summed E-state index contributed by atoms with van der Waals surface area (Å²) in [6.07, 6.45) is 3.50. The number of pyridine rings is 1. The van der Waals surface area contributed by atoms with Crippen LogP contribution in [0.4, 0.5) is 4.79 Å². The van der Waals surface area contributed by atoms with Crippen molar-refractivity contribution in [2.24, 2.45) is 0 Å². The van der Waals surface area contributed by atoms with E-state index in [0.717, 1.165) is 10.8 Å². The smallest absolute Gasteiger partial charge is 0.410 e. The van der Waals surface area contributed by atoms with Crippen LogP contribution in [0.15, 0.2) is 41.6 Å². The highest BCUT2D eigenvalue weighted by Crippen LogP contribution is 2.24.